The molecule has 0 saturated carbocycles. The van der Waals surface area contributed by atoms with Crippen molar-refractivity contribution in [1.82, 2.24) is 10.6 Å². The van der Waals surface area contributed by atoms with E-state index in [0.717, 1.165) is 21.6 Å². The van der Waals surface area contributed by atoms with E-state index in [-0.39, 0.29) is 38.3 Å². The highest BCUT2D eigenvalue weighted by Gasteiger charge is 2.56. The number of fused-ring (bicyclic) bond motifs is 6. The molecular weight excluding hydrogens is 1160 g/mol. The molecule has 0 spiro atoms. The number of nitrogens with one attached hydrogen (secondary N) is 2. The lowest BCUT2D eigenvalue weighted by atomic mass is 9.66. The van der Waals surface area contributed by atoms with Gasteiger partial charge in [0.05, 0.1) is 67.7 Å². The molecule has 4 heterocycles. The summed E-state index contributed by atoms with van der Waals surface area (Å²) in [5, 5.41) is 5.33. The zero-order valence-electron chi connectivity index (χ0n) is 49.4. The van der Waals surface area contributed by atoms with Crippen LogP contribution in [0.3, 0.4) is 0 Å². The molecule has 0 radical (unpaired) electrons. The van der Waals surface area contributed by atoms with E-state index in [1.807, 2.05) is 0 Å². The molecule has 2 fully saturated rings. The third-order valence-corrected chi connectivity index (χ3v) is 17.7. The van der Waals surface area contributed by atoms with Crippen LogP contribution < -0.4 is 58.0 Å². The first-order chi connectivity index (χ1) is 41.1. The maximum absolute atomic E-state index is 14.9. The summed E-state index contributed by atoms with van der Waals surface area (Å²) in [6.07, 6.45) is -4.11. The van der Waals surface area contributed by atoms with E-state index in [4.69, 9.17) is 75.8 Å². The monoisotopic (exact) mass is 1230 g/mol. The molecule has 2 aliphatic carbocycles. The maximum Gasteiger partial charge on any atom is 0.408 e. The molecule has 24 nitrogen and oxygen atoms in total. The van der Waals surface area contributed by atoms with E-state index in [1.165, 1.54) is 42.7 Å². The van der Waals surface area contributed by atoms with Crippen LogP contribution in [0.2, 0.25) is 0 Å². The average molecular weight is 1230 g/mol. The number of methoxy groups -OCH3 is 6. The van der Waals surface area contributed by atoms with Gasteiger partial charge in [-0.15, -0.1) is 0 Å². The van der Waals surface area contributed by atoms with Crippen molar-refractivity contribution in [3.8, 4) is 57.5 Å². The highest BCUT2D eigenvalue weighted by molar-refractivity contribution is 8.76. The number of amides is 2. The van der Waals surface area contributed by atoms with E-state index < -0.39 is 107 Å². The van der Waals surface area contributed by atoms with E-state index in [2.05, 4.69) is 10.6 Å². The Morgan fingerprint density at radius 3 is 1.12 bits per heavy atom. The number of benzene rings is 4. The molecule has 0 unspecified atom stereocenters. The van der Waals surface area contributed by atoms with Gasteiger partial charge in [-0.05, 0) is 112 Å². The summed E-state index contributed by atoms with van der Waals surface area (Å²) >= 11 is 0. The molecule has 0 bridgehead atoms. The lowest BCUT2D eigenvalue weighted by molar-refractivity contribution is -0.157. The van der Waals surface area contributed by atoms with Crippen molar-refractivity contribution in [2.75, 3.05) is 81.0 Å². The summed E-state index contributed by atoms with van der Waals surface area (Å²) in [5.41, 5.74) is 1.42. The van der Waals surface area contributed by atoms with Gasteiger partial charge in [0, 0.05) is 46.3 Å². The second kappa shape index (κ2) is 24.8. The molecule has 4 aromatic carbocycles. The zero-order valence-corrected chi connectivity index (χ0v) is 51.1. The molecule has 2 amide bonds. The van der Waals surface area contributed by atoms with Gasteiger partial charge in [0.15, 0.2) is 46.0 Å². The van der Waals surface area contributed by atoms with Crippen LogP contribution >= 0.6 is 21.6 Å². The predicted molar refractivity (Wildman–Crippen MR) is 306 cm³/mol. The zero-order chi connectivity index (χ0) is 61.5. The van der Waals surface area contributed by atoms with Crippen LogP contribution in [-0.2, 0) is 47.6 Å². The van der Waals surface area contributed by atoms with E-state index in [9.17, 15) is 28.8 Å². The molecular formula is C60H68N2O22S2. The first-order valence-electron chi connectivity index (χ1n) is 27.5. The SMILES string of the molecule is COc1cc([C@@H]2c3cc4c(cc3[C@H](OC(=O)[C@H](CSSC[C@H](NC(=O)OC(C)(C)C)C(=O)O[C@H]3c5cc6c(cc5[C@@H](c5cc(OC)c(OC)c(OC)c5)[C@H]5C(=O)OC[C@@H]53)OCO6)NC(=O)OC(C)(C)C)[C@H]3COC(=O)[C@H]23)OCO4)cc(OC)c1OC. The quantitative estimate of drug-likeness (QED) is 0.0388. The van der Waals surface area contributed by atoms with Gasteiger partial charge < -0.3 is 86.4 Å². The van der Waals surface area contributed by atoms with Crippen LogP contribution in [0.1, 0.15) is 99.0 Å². The highest BCUT2D eigenvalue weighted by Crippen LogP contribution is 2.59. The van der Waals surface area contributed by atoms with Crippen LogP contribution in [0, 0.1) is 23.7 Å². The Labute approximate surface area is 503 Å². The average Bonchev–Trinajstić information content (AvgIpc) is 1.49. The topological polar surface area (TPSA) is 274 Å². The van der Waals surface area contributed by atoms with Crippen molar-refractivity contribution >= 4 is 57.7 Å². The van der Waals surface area contributed by atoms with Crippen molar-refractivity contribution in [2.24, 2.45) is 23.7 Å². The minimum atomic E-state index is -1.41. The second-order valence-electron chi connectivity index (χ2n) is 22.9. The van der Waals surface area contributed by atoms with Gasteiger partial charge >= 0.3 is 36.1 Å². The van der Waals surface area contributed by atoms with Crippen molar-refractivity contribution in [3.05, 3.63) is 81.9 Å². The molecule has 26 heteroatoms. The molecule has 10 rings (SSSR count). The second-order valence-corrected chi connectivity index (χ2v) is 25.4. The predicted octanol–water partition coefficient (Wildman–Crippen LogP) is 8.10. The highest BCUT2D eigenvalue weighted by atomic mass is 33.1. The Bertz CT molecular complexity index is 3040. The van der Waals surface area contributed by atoms with Gasteiger partial charge in [-0.3, -0.25) is 9.59 Å². The minimum absolute atomic E-state index is 0.0775. The van der Waals surface area contributed by atoms with E-state index in [0.29, 0.717) is 90.9 Å². The van der Waals surface area contributed by atoms with Gasteiger partial charge in [-0.25, -0.2) is 19.2 Å². The van der Waals surface area contributed by atoms with Gasteiger partial charge in [0.25, 0.3) is 0 Å². The lowest BCUT2D eigenvalue weighted by Gasteiger charge is -2.39. The van der Waals surface area contributed by atoms with Crippen LogP contribution in [0.15, 0.2) is 48.5 Å². The van der Waals surface area contributed by atoms with Crippen LogP contribution in [0.25, 0.3) is 0 Å². The normalized spacial score (nSPS) is 22.7. The summed E-state index contributed by atoms with van der Waals surface area (Å²) in [4.78, 5) is 85.0. The van der Waals surface area contributed by atoms with Gasteiger partial charge in [-0.1, -0.05) is 21.6 Å². The number of hydrogen-bond donors (Lipinski definition) is 2. The number of ether oxygens (including phenoxy) is 16. The summed E-state index contributed by atoms with van der Waals surface area (Å²) in [7, 11) is 11.0. The number of hydrogen-bond acceptors (Lipinski definition) is 24. The summed E-state index contributed by atoms with van der Waals surface area (Å²) in [6.45, 7) is 9.59. The molecule has 0 aromatic heterocycles. The largest absolute Gasteiger partial charge is 0.493 e. The number of rotatable bonds is 19. The number of cyclic esters (lactones) is 2. The molecule has 462 valence electrons. The number of alkyl carbamates (subject to hydrolysis) is 2. The first kappa shape index (κ1) is 61.1. The first-order valence-corrected chi connectivity index (χ1v) is 30.0. The molecule has 6 aliphatic rings. The van der Waals surface area contributed by atoms with Crippen molar-refractivity contribution in [1.29, 1.82) is 0 Å². The number of esters is 4. The van der Waals surface area contributed by atoms with Crippen molar-refractivity contribution in [3.63, 3.8) is 0 Å². The summed E-state index contributed by atoms with van der Waals surface area (Å²) < 4.78 is 93.1. The number of carbonyl (C=O) groups excluding carboxylic acids is 6. The maximum atomic E-state index is 14.9. The van der Waals surface area contributed by atoms with Gasteiger partial charge in [0.2, 0.25) is 25.1 Å². The van der Waals surface area contributed by atoms with E-state index in [1.54, 1.807) is 90.1 Å². The Balaban J connectivity index is 0.931. The Morgan fingerprint density at radius 1 is 0.488 bits per heavy atom. The van der Waals surface area contributed by atoms with Gasteiger partial charge in [-0.2, -0.15) is 0 Å². The standard InChI is InChI=1S/C60H68N2O22S2/c1-59(2,3)83-57(67)61-35(53(63)81-49-31-19-39-37(77-25-79-39)17-29(31)45(47-33(49)21-75-55(47)65)27-13-41(69-7)51(73-11)42(14-27)70-8)23-85-86-24-36(62-58(68)84-60(4,5)6)54(64)82-50-32-20-40-38(78-26-80-40)18-30(32)46(48-34(50)22-76-56(48)66)28-15-43(71-9)52(74-12)44(16-28)72-10/h13-20,33-36,45-50H,21-26H2,1-12H3,(H,61,67)(H,62,68)/t33-,34-,35-,36-,45+,46+,47-,48-,49-,50-/m0/s1. The van der Waals surface area contributed by atoms with Crippen LogP contribution in [0.4, 0.5) is 9.59 Å². The fraction of sp³-hybridized carbons (Fsp3) is 0.500. The Morgan fingerprint density at radius 2 is 0.814 bits per heavy atom. The van der Waals surface area contributed by atoms with Crippen LogP contribution in [0.5, 0.6) is 57.5 Å². The Kier molecular flexibility index (Phi) is 17.6. The van der Waals surface area contributed by atoms with Crippen molar-refractivity contribution in [2.45, 2.75) is 88.9 Å². The lowest BCUT2D eigenvalue weighted by Crippen LogP contribution is -2.47. The number of carbonyl (C=O) groups is 6. The van der Waals surface area contributed by atoms with E-state index >= 15 is 0 Å². The molecule has 10 atom stereocenters. The Hall–Kier alpha value is -8.00. The molecule has 2 N–H and O–H groups in total. The fourth-order valence-electron chi connectivity index (χ4n) is 11.8. The molecule has 2 saturated heterocycles. The fourth-order valence-corrected chi connectivity index (χ4v) is 14.1. The molecule has 86 heavy (non-hydrogen) atoms. The molecule has 4 aromatic rings. The minimum Gasteiger partial charge on any atom is -0.493 e. The third kappa shape index (κ3) is 12.2. The smallest absolute Gasteiger partial charge is 0.408 e. The van der Waals surface area contributed by atoms with Crippen LogP contribution in [-0.4, -0.2) is 140 Å². The van der Waals surface area contributed by atoms with Gasteiger partial charge in [0.1, 0.15) is 35.5 Å². The van der Waals surface area contributed by atoms with Crippen molar-refractivity contribution < 1.29 is 105 Å². The molecule has 4 aliphatic heterocycles. The summed E-state index contributed by atoms with van der Waals surface area (Å²) in [6, 6.07) is 11.1. The summed E-state index contributed by atoms with van der Waals surface area (Å²) in [5.74, 6) is -4.28. The third-order valence-electron chi connectivity index (χ3n) is 15.3.